The number of esters is 1. The summed E-state index contributed by atoms with van der Waals surface area (Å²) in [6, 6.07) is 0.748. The molecule has 0 aromatic rings. The first kappa shape index (κ1) is 22.5. The zero-order valence-electron chi connectivity index (χ0n) is 15.6. The summed E-state index contributed by atoms with van der Waals surface area (Å²) in [5.74, 6) is -0.150. The molecule has 1 N–H and O–H groups in total. The van der Waals surface area contributed by atoms with Crippen LogP contribution in [-0.4, -0.2) is 87.5 Å². The van der Waals surface area contributed by atoms with Crippen LogP contribution in [0.3, 0.4) is 0 Å². The Balaban J connectivity index is 3.67. The summed E-state index contributed by atoms with van der Waals surface area (Å²) in [5.41, 5.74) is 0. The van der Waals surface area contributed by atoms with Gasteiger partial charge in [0.2, 0.25) is 0 Å². The zero-order valence-corrected chi connectivity index (χ0v) is 16.6. The number of carbonyl (C=O) groups is 1. The molecule has 0 spiro atoms. The van der Waals surface area contributed by atoms with Gasteiger partial charge >= 0.3 is 14.8 Å². The molecule has 23 heavy (non-hydrogen) atoms. The molecule has 0 unspecified atom stereocenters. The van der Waals surface area contributed by atoms with E-state index in [4.69, 9.17) is 18.0 Å². The van der Waals surface area contributed by atoms with Gasteiger partial charge < -0.3 is 27.8 Å². The maximum Gasteiger partial charge on any atom is 0.500 e. The van der Waals surface area contributed by atoms with E-state index < -0.39 is 8.80 Å². The van der Waals surface area contributed by atoms with Gasteiger partial charge in [0.15, 0.2) is 0 Å². The van der Waals surface area contributed by atoms with E-state index in [1.54, 1.807) is 21.3 Å². The number of quaternary nitrogens is 1. The monoisotopic (exact) mass is 351 g/mol. The van der Waals surface area contributed by atoms with Crippen molar-refractivity contribution in [3.63, 3.8) is 0 Å². The second-order valence-electron chi connectivity index (χ2n) is 6.09. The number of hydrogen-bond donors (Lipinski definition) is 1. The van der Waals surface area contributed by atoms with E-state index in [-0.39, 0.29) is 5.97 Å². The molecular formula is C15H35N2O5Si+. The van der Waals surface area contributed by atoms with Crippen LogP contribution in [0.1, 0.15) is 19.8 Å². The van der Waals surface area contributed by atoms with Crippen molar-refractivity contribution in [1.82, 2.24) is 5.32 Å². The van der Waals surface area contributed by atoms with Crippen LogP contribution in [0.2, 0.25) is 6.04 Å². The Kier molecular flexibility index (Phi) is 11.7. The molecule has 0 rings (SSSR count). The minimum absolute atomic E-state index is 0.150. The molecule has 0 aromatic carbocycles. The molecule has 0 saturated heterocycles. The summed E-state index contributed by atoms with van der Waals surface area (Å²) in [5, 5.41) is 3.23. The van der Waals surface area contributed by atoms with Gasteiger partial charge in [-0.25, -0.2) is 0 Å². The van der Waals surface area contributed by atoms with Crippen molar-refractivity contribution in [3.8, 4) is 0 Å². The van der Waals surface area contributed by atoms with Gasteiger partial charge in [0.1, 0.15) is 13.2 Å². The number of ether oxygens (including phenoxy) is 1. The number of hydrogen-bond acceptors (Lipinski definition) is 6. The third kappa shape index (κ3) is 10.1. The Hall–Kier alpha value is -0.513. The molecule has 0 aliphatic rings. The molecule has 138 valence electrons. The fourth-order valence-electron chi connectivity index (χ4n) is 1.94. The average molecular weight is 352 g/mol. The largest absolute Gasteiger partial charge is 0.500 e. The highest BCUT2D eigenvalue weighted by molar-refractivity contribution is 6.60. The minimum Gasteiger partial charge on any atom is -0.460 e. The van der Waals surface area contributed by atoms with Gasteiger partial charge in [0.05, 0.1) is 27.1 Å². The van der Waals surface area contributed by atoms with Crippen molar-refractivity contribution in [2.45, 2.75) is 25.8 Å². The number of nitrogens with zero attached hydrogens (tertiary/aromatic N) is 1. The lowest BCUT2D eigenvalue weighted by Crippen LogP contribution is -2.43. The van der Waals surface area contributed by atoms with Gasteiger partial charge in [0, 0.05) is 33.9 Å². The Bertz CT molecular complexity index is 317. The van der Waals surface area contributed by atoms with Gasteiger partial charge in [-0.2, -0.15) is 0 Å². The van der Waals surface area contributed by atoms with E-state index >= 15 is 0 Å². The lowest BCUT2D eigenvalue weighted by atomic mass is 10.4. The summed E-state index contributed by atoms with van der Waals surface area (Å²) in [6.45, 7) is 5.87. The van der Waals surface area contributed by atoms with Crippen LogP contribution in [0.25, 0.3) is 0 Å². The molecule has 0 heterocycles. The maximum atomic E-state index is 11.6. The number of likely N-dealkylation sites (N-methyl/N-ethyl adjacent to an activating group) is 1. The molecule has 0 aliphatic heterocycles. The van der Waals surface area contributed by atoms with E-state index in [9.17, 15) is 4.79 Å². The molecule has 0 radical (unpaired) electrons. The lowest BCUT2D eigenvalue weighted by Gasteiger charge is -2.27. The summed E-state index contributed by atoms with van der Waals surface area (Å²) < 4.78 is 22.2. The molecule has 0 aliphatic carbocycles. The molecular weight excluding hydrogens is 316 g/mol. The van der Waals surface area contributed by atoms with Crippen molar-refractivity contribution in [2.75, 3.05) is 68.2 Å². The van der Waals surface area contributed by atoms with E-state index in [1.165, 1.54) is 0 Å². The zero-order chi connectivity index (χ0) is 17.8. The van der Waals surface area contributed by atoms with Gasteiger partial charge in [0.25, 0.3) is 0 Å². The van der Waals surface area contributed by atoms with Crippen molar-refractivity contribution in [1.29, 1.82) is 0 Å². The van der Waals surface area contributed by atoms with Crippen molar-refractivity contribution >= 4 is 14.8 Å². The molecule has 0 atom stereocenters. The van der Waals surface area contributed by atoms with Crippen molar-refractivity contribution in [3.05, 3.63) is 0 Å². The average Bonchev–Trinajstić information content (AvgIpc) is 2.55. The second-order valence-corrected chi connectivity index (χ2v) is 9.19. The standard InChI is InChI=1S/C15H35N2O5Si/c1-7-17(2,3)12-13-22-15(18)9-11-16-10-8-14-23(19-4,20-5)21-6/h16H,7-14H2,1-6H3/q+1. The van der Waals surface area contributed by atoms with E-state index in [2.05, 4.69) is 26.3 Å². The summed E-state index contributed by atoms with van der Waals surface area (Å²) in [6.07, 6.45) is 1.26. The van der Waals surface area contributed by atoms with Crippen LogP contribution in [0, 0.1) is 0 Å². The van der Waals surface area contributed by atoms with E-state index in [0.29, 0.717) is 19.6 Å². The normalized spacial score (nSPS) is 12.4. The quantitative estimate of drug-likeness (QED) is 0.217. The number of carbonyl (C=O) groups excluding carboxylic acids is 1. The van der Waals surface area contributed by atoms with Crippen LogP contribution < -0.4 is 5.32 Å². The highest BCUT2D eigenvalue weighted by Crippen LogP contribution is 2.14. The molecule has 0 fully saturated rings. The van der Waals surface area contributed by atoms with Gasteiger partial charge in [-0.3, -0.25) is 4.79 Å². The Morgan fingerprint density at radius 3 is 2.22 bits per heavy atom. The third-order valence-electron chi connectivity index (χ3n) is 4.09. The van der Waals surface area contributed by atoms with Crippen molar-refractivity contribution in [2.24, 2.45) is 0 Å². The number of nitrogens with one attached hydrogen (secondary N) is 1. The fraction of sp³-hybridized carbons (Fsp3) is 0.933. The topological polar surface area (TPSA) is 66.0 Å². The molecule has 0 saturated carbocycles. The summed E-state index contributed by atoms with van der Waals surface area (Å²) >= 11 is 0. The SMILES string of the molecule is CC[N+](C)(C)CCOC(=O)CCNCCC[Si](OC)(OC)OC. The highest BCUT2D eigenvalue weighted by atomic mass is 28.4. The predicted molar refractivity (Wildman–Crippen MR) is 92.2 cm³/mol. The molecule has 0 aromatic heterocycles. The first-order chi connectivity index (χ1) is 10.8. The second kappa shape index (κ2) is 11.9. The Morgan fingerprint density at radius 2 is 1.70 bits per heavy atom. The van der Waals surface area contributed by atoms with Crippen LogP contribution >= 0.6 is 0 Å². The predicted octanol–water partition coefficient (Wildman–Crippen LogP) is 0.874. The smallest absolute Gasteiger partial charge is 0.460 e. The van der Waals surface area contributed by atoms with Crippen LogP contribution in [0.4, 0.5) is 0 Å². The highest BCUT2D eigenvalue weighted by Gasteiger charge is 2.36. The first-order valence-electron chi connectivity index (χ1n) is 8.18. The lowest BCUT2D eigenvalue weighted by molar-refractivity contribution is -0.888. The fourth-order valence-corrected chi connectivity index (χ4v) is 3.66. The Labute approximate surface area is 142 Å². The first-order valence-corrected chi connectivity index (χ1v) is 10.1. The van der Waals surface area contributed by atoms with Crippen LogP contribution in [0.5, 0.6) is 0 Å². The summed E-state index contributed by atoms with van der Waals surface area (Å²) in [7, 11) is 6.61. The van der Waals surface area contributed by atoms with Gasteiger partial charge in [-0.15, -0.1) is 0 Å². The third-order valence-corrected chi connectivity index (χ3v) is 6.92. The van der Waals surface area contributed by atoms with Gasteiger partial charge in [-0.05, 0) is 19.9 Å². The molecule has 7 nitrogen and oxygen atoms in total. The van der Waals surface area contributed by atoms with Crippen molar-refractivity contribution < 1.29 is 27.3 Å². The van der Waals surface area contributed by atoms with Crippen LogP contribution in [-0.2, 0) is 22.8 Å². The Morgan fingerprint density at radius 1 is 1.09 bits per heavy atom. The maximum absolute atomic E-state index is 11.6. The molecule has 0 bridgehead atoms. The molecule has 8 heteroatoms. The number of rotatable bonds is 14. The molecule has 0 amide bonds. The summed E-state index contributed by atoms with van der Waals surface area (Å²) in [4.78, 5) is 11.6. The van der Waals surface area contributed by atoms with Crippen LogP contribution in [0.15, 0.2) is 0 Å². The van der Waals surface area contributed by atoms with Gasteiger partial charge in [-0.1, -0.05) is 0 Å². The minimum atomic E-state index is -2.47. The van der Waals surface area contributed by atoms with E-state index in [0.717, 1.165) is 36.6 Å². The van der Waals surface area contributed by atoms with E-state index in [1.807, 2.05) is 0 Å².